The lowest BCUT2D eigenvalue weighted by Gasteiger charge is -2.20. The van der Waals surface area contributed by atoms with Crippen molar-refractivity contribution in [3.63, 3.8) is 0 Å². The van der Waals surface area contributed by atoms with Crippen molar-refractivity contribution in [2.45, 2.75) is 12.7 Å². The summed E-state index contributed by atoms with van der Waals surface area (Å²) in [5.41, 5.74) is 1.09. The van der Waals surface area contributed by atoms with E-state index >= 15 is 0 Å². The van der Waals surface area contributed by atoms with Crippen LogP contribution in [0.5, 0.6) is 11.5 Å². The minimum atomic E-state index is -0.756. The molecule has 0 radical (unpaired) electrons. The third kappa shape index (κ3) is 3.79. The minimum absolute atomic E-state index is 0.332. The van der Waals surface area contributed by atoms with Gasteiger partial charge < -0.3 is 14.6 Å². The number of aliphatic carboxylic acids is 1. The van der Waals surface area contributed by atoms with Crippen LogP contribution in [0.25, 0.3) is 0 Å². The lowest BCUT2D eigenvalue weighted by atomic mass is 10.2. The molecule has 6 heteroatoms. The summed E-state index contributed by atoms with van der Waals surface area (Å²) in [7, 11) is 0. The first-order valence-corrected chi connectivity index (χ1v) is 7.91. The molecule has 0 saturated carbocycles. The van der Waals surface area contributed by atoms with E-state index in [0.717, 1.165) is 27.3 Å². The maximum absolute atomic E-state index is 10.7. The molecule has 1 aliphatic rings. The Morgan fingerprint density at radius 3 is 2.68 bits per heavy atom. The number of carboxylic acid groups (broad SMARTS) is 1. The maximum Gasteiger partial charge on any atom is 0.307 e. The van der Waals surface area contributed by atoms with Gasteiger partial charge >= 0.3 is 5.97 Å². The number of hydrogen-bond donors (Lipinski definition) is 1. The molecular weight excluding hydrogens is 332 g/mol. The average molecular weight is 347 g/mol. The quantitative estimate of drug-likeness (QED) is 0.887. The van der Waals surface area contributed by atoms with Crippen LogP contribution in [0.4, 0.5) is 0 Å². The van der Waals surface area contributed by atoms with E-state index in [0.29, 0.717) is 19.0 Å². The van der Waals surface area contributed by atoms with Crippen LogP contribution < -0.4 is 9.47 Å². The summed E-state index contributed by atoms with van der Waals surface area (Å²) in [6.07, 6.45) is 0. The molecule has 19 heavy (non-hydrogen) atoms. The van der Waals surface area contributed by atoms with Gasteiger partial charge in [0.05, 0.1) is 5.92 Å². The number of thioether (sulfide) groups is 1. The fourth-order valence-electron chi connectivity index (χ4n) is 1.63. The summed E-state index contributed by atoms with van der Waals surface area (Å²) in [6, 6.07) is 3.86. The molecule has 2 rings (SSSR count). The minimum Gasteiger partial charge on any atom is -0.486 e. The van der Waals surface area contributed by atoms with Gasteiger partial charge in [0.25, 0.3) is 0 Å². The monoisotopic (exact) mass is 346 g/mol. The predicted molar refractivity (Wildman–Crippen MR) is 78.1 cm³/mol. The Bertz CT molecular complexity index is 478. The fourth-order valence-corrected chi connectivity index (χ4v) is 3.35. The van der Waals surface area contributed by atoms with E-state index in [1.165, 1.54) is 0 Å². The smallest absolute Gasteiger partial charge is 0.307 e. The van der Waals surface area contributed by atoms with Gasteiger partial charge in [0.2, 0.25) is 0 Å². The second kappa shape index (κ2) is 6.52. The molecule has 0 fully saturated rings. The molecular formula is C13H15BrO4S. The van der Waals surface area contributed by atoms with Crippen LogP contribution in [0.1, 0.15) is 12.5 Å². The summed E-state index contributed by atoms with van der Waals surface area (Å²) in [5.74, 6) is 1.77. The zero-order valence-corrected chi connectivity index (χ0v) is 12.9. The van der Waals surface area contributed by atoms with Gasteiger partial charge in [-0.25, -0.2) is 0 Å². The number of hydrogen-bond acceptors (Lipinski definition) is 4. The average Bonchev–Trinajstić information content (AvgIpc) is 2.39. The summed E-state index contributed by atoms with van der Waals surface area (Å²) in [6.45, 7) is 2.86. The van der Waals surface area contributed by atoms with E-state index in [-0.39, 0.29) is 5.92 Å². The van der Waals surface area contributed by atoms with Crippen LogP contribution in [0.3, 0.4) is 0 Å². The van der Waals surface area contributed by atoms with Crippen molar-refractivity contribution in [3.05, 3.63) is 22.2 Å². The topological polar surface area (TPSA) is 55.8 Å². The third-order valence-electron chi connectivity index (χ3n) is 2.76. The summed E-state index contributed by atoms with van der Waals surface area (Å²) < 4.78 is 12.0. The van der Waals surface area contributed by atoms with E-state index in [9.17, 15) is 4.79 Å². The van der Waals surface area contributed by atoms with Crippen LogP contribution in [0, 0.1) is 5.92 Å². The van der Waals surface area contributed by atoms with E-state index < -0.39 is 5.97 Å². The molecule has 0 amide bonds. The predicted octanol–water partition coefficient (Wildman–Crippen LogP) is 3.17. The summed E-state index contributed by atoms with van der Waals surface area (Å²) >= 11 is 5.11. The Balaban J connectivity index is 1.98. The van der Waals surface area contributed by atoms with Gasteiger partial charge in [-0.2, -0.15) is 11.8 Å². The summed E-state index contributed by atoms with van der Waals surface area (Å²) in [4.78, 5) is 10.7. The number of benzene rings is 1. The van der Waals surface area contributed by atoms with Gasteiger partial charge in [0, 0.05) is 16.0 Å². The lowest BCUT2D eigenvalue weighted by Crippen LogP contribution is -2.15. The van der Waals surface area contributed by atoms with Crippen LogP contribution in [0.2, 0.25) is 0 Å². The molecule has 0 saturated heterocycles. The first-order chi connectivity index (χ1) is 9.08. The highest BCUT2D eigenvalue weighted by Crippen LogP contribution is 2.36. The Morgan fingerprint density at radius 1 is 1.42 bits per heavy atom. The Kier molecular flexibility index (Phi) is 4.99. The van der Waals surface area contributed by atoms with Crippen molar-refractivity contribution in [3.8, 4) is 11.5 Å². The van der Waals surface area contributed by atoms with Crippen LogP contribution in [-0.2, 0) is 10.5 Å². The van der Waals surface area contributed by atoms with Crippen molar-refractivity contribution in [2.75, 3.05) is 19.0 Å². The van der Waals surface area contributed by atoms with Gasteiger partial charge in [-0.3, -0.25) is 4.79 Å². The Hall–Kier alpha value is -0.880. The summed E-state index contributed by atoms with van der Waals surface area (Å²) in [5, 5.41) is 8.83. The standard InChI is InChI=1S/C13H15BrO4S/c1-8(13(15)16)6-19-7-9-4-11-12(5-10(9)14)18-3-2-17-11/h4-5,8H,2-3,6-7H2,1H3,(H,15,16). The van der Waals surface area contributed by atoms with Gasteiger partial charge in [-0.15, -0.1) is 0 Å². The molecule has 0 bridgehead atoms. The molecule has 0 aliphatic carbocycles. The van der Waals surface area contributed by atoms with Gasteiger partial charge in [0.1, 0.15) is 13.2 Å². The van der Waals surface area contributed by atoms with Crippen LogP contribution >= 0.6 is 27.7 Å². The van der Waals surface area contributed by atoms with E-state index in [1.54, 1.807) is 18.7 Å². The molecule has 1 atom stereocenters. The number of carboxylic acids is 1. The first kappa shape index (κ1) is 14.5. The fraction of sp³-hybridized carbons (Fsp3) is 0.462. The molecule has 4 nitrogen and oxygen atoms in total. The highest BCUT2D eigenvalue weighted by atomic mass is 79.9. The largest absolute Gasteiger partial charge is 0.486 e. The van der Waals surface area contributed by atoms with Crippen molar-refractivity contribution in [2.24, 2.45) is 5.92 Å². The van der Waals surface area contributed by atoms with E-state index in [2.05, 4.69) is 15.9 Å². The Labute approximate surface area is 124 Å². The van der Waals surface area contributed by atoms with Crippen molar-refractivity contribution < 1.29 is 19.4 Å². The molecule has 1 aliphatic heterocycles. The normalized spacial score (nSPS) is 15.1. The lowest BCUT2D eigenvalue weighted by molar-refractivity contribution is -0.140. The molecule has 1 unspecified atom stereocenters. The first-order valence-electron chi connectivity index (χ1n) is 5.96. The number of fused-ring (bicyclic) bond motifs is 1. The highest BCUT2D eigenvalue weighted by Gasteiger charge is 2.16. The SMILES string of the molecule is CC(CSCc1cc2c(cc1Br)OCCO2)C(=O)O. The van der Waals surface area contributed by atoms with Crippen LogP contribution in [-0.4, -0.2) is 30.0 Å². The van der Waals surface area contributed by atoms with E-state index in [1.807, 2.05) is 12.1 Å². The van der Waals surface area contributed by atoms with Crippen molar-refractivity contribution >= 4 is 33.7 Å². The number of rotatable bonds is 5. The number of halogens is 1. The van der Waals surface area contributed by atoms with Crippen LogP contribution in [0.15, 0.2) is 16.6 Å². The Morgan fingerprint density at radius 2 is 2.05 bits per heavy atom. The zero-order chi connectivity index (χ0) is 13.8. The molecule has 0 aromatic heterocycles. The van der Waals surface area contributed by atoms with Gasteiger partial charge in [0.15, 0.2) is 11.5 Å². The molecule has 104 valence electrons. The second-order valence-electron chi connectivity index (χ2n) is 4.34. The van der Waals surface area contributed by atoms with Gasteiger partial charge in [-0.1, -0.05) is 22.9 Å². The van der Waals surface area contributed by atoms with E-state index in [4.69, 9.17) is 14.6 Å². The zero-order valence-electron chi connectivity index (χ0n) is 10.5. The van der Waals surface area contributed by atoms with Crippen molar-refractivity contribution in [1.82, 2.24) is 0 Å². The third-order valence-corrected chi connectivity index (χ3v) is 4.75. The van der Waals surface area contributed by atoms with Crippen molar-refractivity contribution in [1.29, 1.82) is 0 Å². The number of carbonyl (C=O) groups is 1. The molecule has 0 spiro atoms. The second-order valence-corrected chi connectivity index (χ2v) is 6.23. The number of ether oxygens (including phenoxy) is 2. The van der Waals surface area contributed by atoms with Gasteiger partial charge in [-0.05, 0) is 17.7 Å². The molecule has 1 aromatic carbocycles. The molecule has 1 aromatic rings. The maximum atomic E-state index is 10.7. The highest BCUT2D eigenvalue weighted by molar-refractivity contribution is 9.10. The molecule has 1 heterocycles. The molecule has 1 N–H and O–H groups in total.